The molecule has 0 unspecified atom stereocenters. The second-order valence-electron chi connectivity index (χ2n) is 3.67. The highest BCUT2D eigenvalue weighted by atomic mass is 19.1. The molecule has 0 bridgehead atoms. The van der Waals surface area contributed by atoms with Crippen molar-refractivity contribution in [3.63, 3.8) is 0 Å². The summed E-state index contributed by atoms with van der Waals surface area (Å²) in [7, 11) is 0. The lowest BCUT2D eigenvalue weighted by atomic mass is 10.2. The molecule has 1 aromatic carbocycles. The van der Waals surface area contributed by atoms with Gasteiger partial charge in [0, 0.05) is 6.20 Å². The number of carboxylic acid groups (broad SMARTS) is 1. The van der Waals surface area contributed by atoms with Gasteiger partial charge in [-0.05, 0) is 30.3 Å². The van der Waals surface area contributed by atoms with E-state index in [0.29, 0.717) is 0 Å². The van der Waals surface area contributed by atoms with Crippen molar-refractivity contribution in [3.8, 4) is 0 Å². The van der Waals surface area contributed by atoms with Gasteiger partial charge in [-0.25, -0.2) is 9.18 Å². The normalized spacial score (nSPS) is 9.95. The Balaban J connectivity index is 2.20. The average Bonchev–Trinajstić information content (AvgIpc) is 2.41. The Bertz CT molecular complexity index is 629. The largest absolute Gasteiger partial charge is 0.478 e. The summed E-state index contributed by atoms with van der Waals surface area (Å²) in [6, 6.07) is 8.01. The summed E-state index contributed by atoms with van der Waals surface area (Å²) in [5.41, 5.74) is -0.141. The van der Waals surface area contributed by atoms with Gasteiger partial charge in [-0.3, -0.25) is 9.78 Å². The number of hydrogen-bond donors (Lipinski definition) is 2. The summed E-state index contributed by atoms with van der Waals surface area (Å²) in [5.74, 6) is -2.62. The number of amides is 1. The molecule has 0 radical (unpaired) electrons. The van der Waals surface area contributed by atoms with Crippen LogP contribution in [0, 0.1) is 5.82 Å². The highest BCUT2D eigenvalue weighted by Gasteiger charge is 2.12. The van der Waals surface area contributed by atoms with Crippen LogP contribution in [0.15, 0.2) is 42.6 Å². The molecule has 0 aliphatic heterocycles. The van der Waals surface area contributed by atoms with E-state index in [1.165, 1.54) is 24.4 Å². The van der Waals surface area contributed by atoms with Gasteiger partial charge in [0.2, 0.25) is 0 Å². The average molecular weight is 260 g/mol. The monoisotopic (exact) mass is 260 g/mol. The number of pyridine rings is 1. The number of carbonyl (C=O) groups is 2. The zero-order valence-electron chi connectivity index (χ0n) is 9.63. The number of benzene rings is 1. The third-order valence-corrected chi connectivity index (χ3v) is 2.36. The van der Waals surface area contributed by atoms with Crippen molar-refractivity contribution in [2.75, 3.05) is 5.32 Å². The lowest BCUT2D eigenvalue weighted by Gasteiger charge is -2.06. The molecule has 19 heavy (non-hydrogen) atoms. The lowest BCUT2D eigenvalue weighted by molar-refractivity contribution is 0.0696. The van der Waals surface area contributed by atoms with E-state index in [-0.39, 0.29) is 16.9 Å². The van der Waals surface area contributed by atoms with E-state index in [9.17, 15) is 14.0 Å². The highest BCUT2D eigenvalue weighted by Crippen LogP contribution is 2.16. The van der Waals surface area contributed by atoms with E-state index in [1.807, 2.05) is 0 Å². The molecule has 0 spiro atoms. The van der Waals surface area contributed by atoms with Gasteiger partial charge in [-0.2, -0.15) is 0 Å². The molecule has 6 heteroatoms. The van der Waals surface area contributed by atoms with Crippen LogP contribution in [-0.4, -0.2) is 22.0 Å². The second-order valence-corrected chi connectivity index (χ2v) is 3.67. The van der Waals surface area contributed by atoms with Crippen LogP contribution in [-0.2, 0) is 0 Å². The van der Waals surface area contributed by atoms with Crippen LogP contribution in [0.5, 0.6) is 0 Å². The van der Waals surface area contributed by atoms with Crippen LogP contribution in [0.4, 0.5) is 10.1 Å². The molecule has 2 N–H and O–H groups in total. The fourth-order valence-corrected chi connectivity index (χ4v) is 1.43. The fraction of sp³-hybridized carbons (Fsp3) is 0. The minimum absolute atomic E-state index is 0.0966. The minimum Gasteiger partial charge on any atom is -0.478 e. The standard InChI is InChI=1S/C13H9FN2O3/c14-9-7-8(13(18)19)4-5-10(9)16-12(17)11-3-1-2-6-15-11/h1-7H,(H,16,17)(H,18,19). The summed E-state index contributed by atoms with van der Waals surface area (Å²) in [5, 5.41) is 11.0. The van der Waals surface area contributed by atoms with Gasteiger partial charge < -0.3 is 10.4 Å². The number of nitrogens with one attached hydrogen (secondary N) is 1. The van der Waals surface area contributed by atoms with Crippen LogP contribution >= 0.6 is 0 Å². The molecule has 0 saturated heterocycles. The van der Waals surface area contributed by atoms with E-state index < -0.39 is 17.7 Å². The van der Waals surface area contributed by atoms with E-state index in [1.54, 1.807) is 12.1 Å². The Morgan fingerprint density at radius 1 is 1.21 bits per heavy atom. The summed E-state index contributed by atoms with van der Waals surface area (Å²) in [6.07, 6.45) is 1.44. The Labute approximate surface area is 107 Å². The molecule has 1 amide bonds. The molecule has 1 heterocycles. The van der Waals surface area contributed by atoms with Gasteiger partial charge >= 0.3 is 5.97 Å². The number of nitrogens with zero attached hydrogens (tertiary/aromatic N) is 1. The van der Waals surface area contributed by atoms with Crippen molar-refractivity contribution in [2.45, 2.75) is 0 Å². The quantitative estimate of drug-likeness (QED) is 0.886. The number of halogens is 1. The maximum absolute atomic E-state index is 13.6. The van der Waals surface area contributed by atoms with Gasteiger partial charge in [0.05, 0.1) is 11.3 Å². The van der Waals surface area contributed by atoms with Crippen LogP contribution < -0.4 is 5.32 Å². The predicted molar refractivity (Wildman–Crippen MR) is 65.5 cm³/mol. The van der Waals surface area contributed by atoms with E-state index in [2.05, 4.69) is 10.3 Å². The van der Waals surface area contributed by atoms with Crippen LogP contribution in [0.3, 0.4) is 0 Å². The number of aromatic nitrogens is 1. The molecule has 0 aliphatic carbocycles. The Morgan fingerprint density at radius 2 is 2.00 bits per heavy atom. The van der Waals surface area contributed by atoms with Crippen molar-refractivity contribution >= 4 is 17.6 Å². The first kappa shape index (κ1) is 12.7. The zero-order valence-corrected chi connectivity index (χ0v) is 9.63. The van der Waals surface area contributed by atoms with Gasteiger partial charge in [0.15, 0.2) is 0 Å². The number of carbonyl (C=O) groups excluding carboxylic acids is 1. The van der Waals surface area contributed by atoms with E-state index in [4.69, 9.17) is 5.11 Å². The molecule has 5 nitrogen and oxygen atoms in total. The minimum atomic E-state index is -1.23. The third-order valence-electron chi connectivity index (χ3n) is 2.36. The van der Waals surface area contributed by atoms with Crippen LogP contribution in [0.25, 0.3) is 0 Å². The molecule has 96 valence electrons. The van der Waals surface area contributed by atoms with Gasteiger partial charge in [-0.1, -0.05) is 6.07 Å². The smallest absolute Gasteiger partial charge is 0.335 e. The number of aromatic carboxylic acids is 1. The highest BCUT2D eigenvalue weighted by molar-refractivity contribution is 6.03. The van der Waals surface area contributed by atoms with Crippen molar-refractivity contribution in [1.82, 2.24) is 4.98 Å². The SMILES string of the molecule is O=C(O)c1ccc(NC(=O)c2ccccn2)c(F)c1. The molecule has 0 atom stereocenters. The number of hydrogen-bond acceptors (Lipinski definition) is 3. The van der Waals surface area contributed by atoms with Gasteiger partial charge in [-0.15, -0.1) is 0 Å². The Morgan fingerprint density at radius 3 is 2.58 bits per heavy atom. The zero-order chi connectivity index (χ0) is 13.8. The molecule has 2 rings (SSSR count). The first-order valence-corrected chi connectivity index (χ1v) is 5.33. The topological polar surface area (TPSA) is 79.3 Å². The summed E-state index contributed by atoms with van der Waals surface area (Å²) >= 11 is 0. The van der Waals surface area contributed by atoms with Crippen LogP contribution in [0.2, 0.25) is 0 Å². The van der Waals surface area contributed by atoms with Crippen molar-refractivity contribution < 1.29 is 19.1 Å². The van der Waals surface area contributed by atoms with E-state index >= 15 is 0 Å². The summed E-state index contributed by atoms with van der Waals surface area (Å²) in [4.78, 5) is 26.2. The fourth-order valence-electron chi connectivity index (χ4n) is 1.43. The van der Waals surface area contributed by atoms with Crippen molar-refractivity contribution in [2.24, 2.45) is 0 Å². The lowest BCUT2D eigenvalue weighted by Crippen LogP contribution is -2.14. The number of rotatable bonds is 3. The van der Waals surface area contributed by atoms with Gasteiger partial charge in [0.25, 0.3) is 5.91 Å². The molecule has 2 aromatic rings. The van der Waals surface area contributed by atoms with E-state index in [0.717, 1.165) is 6.07 Å². The molecular weight excluding hydrogens is 251 g/mol. The van der Waals surface area contributed by atoms with Crippen molar-refractivity contribution in [1.29, 1.82) is 0 Å². The summed E-state index contributed by atoms with van der Waals surface area (Å²) in [6.45, 7) is 0. The van der Waals surface area contributed by atoms with Crippen LogP contribution in [0.1, 0.15) is 20.8 Å². The first-order chi connectivity index (χ1) is 9.08. The maximum atomic E-state index is 13.6. The second kappa shape index (κ2) is 5.26. The van der Waals surface area contributed by atoms with Gasteiger partial charge in [0.1, 0.15) is 11.5 Å². The maximum Gasteiger partial charge on any atom is 0.335 e. The first-order valence-electron chi connectivity index (χ1n) is 5.33. The summed E-state index contributed by atoms with van der Waals surface area (Å²) < 4.78 is 13.6. The molecule has 1 aromatic heterocycles. The Hall–Kier alpha value is -2.76. The molecular formula is C13H9FN2O3. The molecule has 0 saturated carbocycles. The molecule has 0 fully saturated rings. The number of carboxylic acids is 1. The predicted octanol–water partition coefficient (Wildman–Crippen LogP) is 2.17. The Kier molecular flexibility index (Phi) is 3.51. The molecule has 0 aliphatic rings. The van der Waals surface area contributed by atoms with Crippen molar-refractivity contribution in [3.05, 3.63) is 59.7 Å². The number of anilines is 1. The third kappa shape index (κ3) is 2.92.